The largest absolute Gasteiger partial charge is 0.362 e. The van der Waals surface area contributed by atoms with Crippen LogP contribution in [0.4, 0.5) is 14.5 Å². The van der Waals surface area contributed by atoms with Gasteiger partial charge in [-0.1, -0.05) is 12.1 Å². The number of aromatic nitrogens is 1. The Morgan fingerprint density at radius 2 is 1.81 bits per heavy atom. The summed E-state index contributed by atoms with van der Waals surface area (Å²) in [5.74, 6) is -0.802. The summed E-state index contributed by atoms with van der Waals surface area (Å²) in [6.45, 7) is 3.05. The van der Waals surface area contributed by atoms with Crippen LogP contribution in [0.15, 0.2) is 54.7 Å². The van der Waals surface area contributed by atoms with Gasteiger partial charge in [0.1, 0.15) is 11.6 Å². The third-order valence-electron chi connectivity index (χ3n) is 4.14. The average Bonchev–Trinajstić information content (AvgIpc) is 2.65. The van der Waals surface area contributed by atoms with E-state index in [1.54, 1.807) is 24.4 Å². The van der Waals surface area contributed by atoms with Crippen LogP contribution in [0.2, 0.25) is 0 Å². The summed E-state index contributed by atoms with van der Waals surface area (Å²) in [7, 11) is 0. The lowest BCUT2D eigenvalue weighted by atomic mass is 10.1. The minimum Gasteiger partial charge on any atom is -0.362 e. The van der Waals surface area contributed by atoms with Crippen LogP contribution in [-0.4, -0.2) is 24.0 Å². The molecule has 0 saturated carbocycles. The Labute approximate surface area is 150 Å². The molecule has 2 aromatic carbocycles. The molecule has 4 nitrogen and oxygen atoms in total. The maximum atomic E-state index is 13.4. The molecule has 0 spiro atoms. The smallest absolute Gasteiger partial charge is 0.239 e. The minimum absolute atomic E-state index is 0.150. The highest BCUT2D eigenvalue weighted by Crippen LogP contribution is 2.25. The molecule has 1 aromatic heterocycles. The fourth-order valence-corrected chi connectivity index (χ4v) is 2.78. The van der Waals surface area contributed by atoms with E-state index in [0.29, 0.717) is 18.6 Å². The number of amides is 1. The van der Waals surface area contributed by atoms with Crippen molar-refractivity contribution in [2.75, 3.05) is 18.0 Å². The first kappa shape index (κ1) is 17.8. The molecule has 0 aliphatic carbocycles. The van der Waals surface area contributed by atoms with Crippen LogP contribution in [0.5, 0.6) is 0 Å². The van der Waals surface area contributed by atoms with Crippen molar-refractivity contribution in [1.29, 1.82) is 0 Å². The first-order chi connectivity index (χ1) is 12.6. The van der Waals surface area contributed by atoms with Gasteiger partial charge in [-0.25, -0.2) is 8.78 Å². The van der Waals surface area contributed by atoms with Crippen LogP contribution >= 0.6 is 0 Å². The van der Waals surface area contributed by atoms with E-state index < -0.39 is 0 Å². The molecule has 0 atom stereocenters. The lowest BCUT2D eigenvalue weighted by Gasteiger charge is -2.24. The number of halogens is 2. The van der Waals surface area contributed by atoms with E-state index in [2.05, 4.69) is 10.3 Å². The van der Waals surface area contributed by atoms with Gasteiger partial charge in [0.05, 0.1) is 12.1 Å². The minimum atomic E-state index is -0.345. The molecular formula is C20H19F2N3O. The van der Waals surface area contributed by atoms with Crippen LogP contribution in [-0.2, 0) is 11.3 Å². The van der Waals surface area contributed by atoms with Crippen LogP contribution in [0.1, 0.15) is 12.5 Å². The predicted octanol–water partition coefficient (Wildman–Crippen LogP) is 3.66. The molecular weight excluding hydrogens is 336 g/mol. The SMILES string of the molecule is CCN(CC(=O)NCc1ccc(F)cc1)c1ccnc2cc(F)ccc12. The van der Waals surface area contributed by atoms with E-state index in [-0.39, 0.29) is 24.1 Å². The summed E-state index contributed by atoms with van der Waals surface area (Å²) in [4.78, 5) is 18.4. The van der Waals surface area contributed by atoms with Gasteiger partial charge in [-0.05, 0) is 42.8 Å². The Morgan fingerprint density at radius 1 is 1.08 bits per heavy atom. The van der Waals surface area contributed by atoms with Crippen molar-refractivity contribution in [3.05, 3.63) is 71.9 Å². The molecule has 0 fully saturated rings. The lowest BCUT2D eigenvalue weighted by molar-refractivity contribution is -0.119. The second-order valence-electron chi connectivity index (χ2n) is 5.91. The van der Waals surface area contributed by atoms with Gasteiger partial charge in [-0.3, -0.25) is 9.78 Å². The molecule has 0 aliphatic heterocycles. The van der Waals surface area contributed by atoms with Crippen molar-refractivity contribution in [2.24, 2.45) is 0 Å². The number of fused-ring (bicyclic) bond motifs is 1. The molecule has 0 aliphatic rings. The van der Waals surface area contributed by atoms with E-state index in [1.165, 1.54) is 24.3 Å². The van der Waals surface area contributed by atoms with Crippen molar-refractivity contribution >= 4 is 22.5 Å². The summed E-state index contributed by atoms with van der Waals surface area (Å²) in [5, 5.41) is 3.63. The fraction of sp³-hybridized carbons (Fsp3) is 0.200. The van der Waals surface area contributed by atoms with Gasteiger partial charge in [-0.15, -0.1) is 0 Å². The number of carbonyl (C=O) groups is 1. The molecule has 3 rings (SSSR count). The third kappa shape index (κ3) is 4.14. The molecule has 1 amide bonds. The highest BCUT2D eigenvalue weighted by atomic mass is 19.1. The maximum Gasteiger partial charge on any atom is 0.239 e. The molecule has 26 heavy (non-hydrogen) atoms. The van der Waals surface area contributed by atoms with E-state index in [1.807, 2.05) is 17.9 Å². The second kappa shape index (κ2) is 7.91. The lowest BCUT2D eigenvalue weighted by Crippen LogP contribution is -2.37. The summed E-state index contributed by atoms with van der Waals surface area (Å²) in [6, 6.07) is 12.3. The molecule has 0 saturated heterocycles. The van der Waals surface area contributed by atoms with Crippen LogP contribution < -0.4 is 10.2 Å². The molecule has 1 heterocycles. The summed E-state index contributed by atoms with van der Waals surface area (Å²) in [5.41, 5.74) is 2.20. The van der Waals surface area contributed by atoms with Gasteiger partial charge < -0.3 is 10.2 Å². The van der Waals surface area contributed by atoms with E-state index in [9.17, 15) is 13.6 Å². The predicted molar refractivity (Wildman–Crippen MR) is 97.8 cm³/mol. The topological polar surface area (TPSA) is 45.2 Å². The van der Waals surface area contributed by atoms with Crippen LogP contribution in [0, 0.1) is 11.6 Å². The fourth-order valence-electron chi connectivity index (χ4n) is 2.78. The normalized spacial score (nSPS) is 10.7. The number of pyridine rings is 1. The standard InChI is InChI=1S/C20H19F2N3O/c1-2-25(13-20(26)24-12-14-3-5-15(21)6-4-14)19-9-10-23-18-11-16(22)7-8-17(18)19/h3-11H,2,12-13H2,1H3,(H,24,26). The summed E-state index contributed by atoms with van der Waals surface area (Å²) < 4.78 is 26.3. The third-order valence-corrected chi connectivity index (χ3v) is 4.14. The Hall–Kier alpha value is -3.02. The van der Waals surface area contributed by atoms with E-state index >= 15 is 0 Å². The van der Waals surface area contributed by atoms with Crippen LogP contribution in [0.25, 0.3) is 10.9 Å². The number of hydrogen-bond acceptors (Lipinski definition) is 3. The molecule has 0 radical (unpaired) electrons. The second-order valence-corrected chi connectivity index (χ2v) is 5.91. The van der Waals surface area contributed by atoms with Gasteiger partial charge in [0.2, 0.25) is 5.91 Å². The van der Waals surface area contributed by atoms with E-state index in [0.717, 1.165) is 16.6 Å². The van der Waals surface area contributed by atoms with Crippen molar-refractivity contribution in [3.63, 3.8) is 0 Å². The summed E-state index contributed by atoms with van der Waals surface area (Å²) in [6.07, 6.45) is 1.61. The number of nitrogens with zero attached hydrogens (tertiary/aromatic N) is 2. The van der Waals surface area contributed by atoms with Gasteiger partial charge in [0.15, 0.2) is 0 Å². The highest BCUT2D eigenvalue weighted by Gasteiger charge is 2.13. The molecule has 0 unspecified atom stereocenters. The first-order valence-electron chi connectivity index (χ1n) is 8.37. The van der Waals surface area contributed by atoms with Gasteiger partial charge in [0.25, 0.3) is 0 Å². The zero-order valence-electron chi connectivity index (χ0n) is 14.4. The number of carbonyl (C=O) groups excluding carboxylic acids is 1. The maximum absolute atomic E-state index is 13.4. The van der Waals surface area contributed by atoms with E-state index in [4.69, 9.17) is 0 Å². The number of nitrogens with one attached hydrogen (secondary N) is 1. The molecule has 0 bridgehead atoms. The number of rotatable bonds is 6. The quantitative estimate of drug-likeness (QED) is 0.734. The molecule has 3 aromatic rings. The number of hydrogen-bond donors (Lipinski definition) is 1. The van der Waals surface area contributed by atoms with Crippen molar-refractivity contribution in [2.45, 2.75) is 13.5 Å². The first-order valence-corrected chi connectivity index (χ1v) is 8.37. The Kier molecular flexibility index (Phi) is 5.41. The van der Waals surface area contributed by atoms with Gasteiger partial charge >= 0.3 is 0 Å². The highest BCUT2D eigenvalue weighted by molar-refractivity contribution is 5.93. The molecule has 1 N–H and O–H groups in total. The molecule has 134 valence electrons. The number of anilines is 1. The number of benzene rings is 2. The monoisotopic (exact) mass is 355 g/mol. The Bertz CT molecular complexity index is 913. The Balaban J connectivity index is 1.71. The number of likely N-dealkylation sites (N-methyl/N-ethyl adjacent to an activating group) is 1. The Morgan fingerprint density at radius 3 is 2.54 bits per heavy atom. The average molecular weight is 355 g/mol. The molecule has 6 heteroatoms. The van der Waals surface area contributed by atoms with Gasteiger partial charge in [-0.2, -0.15) is 0 Å². The van der Waals surface area contributed by atoms with Crippen LogP contribution in [0.3, 0.4) is 0 Å². The van der Waals surface area contributed by atoms with Crippen molar-refractivity contribution < 1.29 is 13.6 Å². The van der Waals surface area contributed by atoms with Gasteiger partial charge in [0, 0.05) is 36.4 Å². The zero-order chi connectivity index (χ0) is 18.5. The zero-order valence-corrected chi connectivity index (χ0v) is 14.4. The van der Waals surface area contributed by atoms with Crippen molar-refractivity contribution in [3.8, 4) is 0 Å². The van der Waals surface area contributed by atoms with Crippen molar-refractivity contribution in [1.82, 2.24) is 10.3 Å². The summed E-state index contributed by atoms with van der Waals surface area (Å²) >= 11 is 0.